The van der Waals surface area contributed by atoms with Gasteiger partial charge in [0.15, 0.2) is 0 Å². The number of nitro benzene ring substituents is 1. The number of nitrogens with zero attached hydrogens (tertiary/aromatic N) is 2. The van der Waals surface area contributed by atoms with Crippen molar-refractivity contribution in [1.82, 2.24) is 4.90 Å². The summed E-state index contributed by atoms with van der Waals surface area (Å²) in [6, 6.07) is 1.71. The second kappa shape index (κ2) is 5.67. The van der Waals surface area contributed by atoms with Gasteiger partial charge in [-0.3, -0.25) is 14.9 Å². The van der Waals surface area contributed by atoms with E-state index in [0.717, 1.165) is 31.4 Å². The van der Waals surface area contributed by atoms with Crippen LogP contribution >= 0.6 is 0 Å². The number of likely N-dealkylation sites (tertiary alicyclic amines) is 1. The third-order valence-electron chi connectivity index (χ3n) is 3.98. The summed E-state index contributed by atoms with van der Waals surface area (Å²) < 4.78 is 13.6. The molecule has 1 fully saturated rings. The minimum Gasteiger partial charge on any atom is -0.393 e. The van der Waals surface area contributed by atoms with Crippen molar-refractivity contribution in [1.29, 1.82) is 0 Å². The van der Waals surface area contributed by atoms with E-state index < -0.39 is 22.3 Å². The lowest BCUT2D eigenvalue weighted by atomic mass is 9.96. The van der Waals surface area contributed by atoms with Gasteiger partial charge in [-0.05, 0) is 39.2 Å². The Bertz CT molecular complexity index is 581. The van der Waals surface area contributed by atoms with Crippen LogP contribution in [0.4, 0.5) is 15.8 Å². The van der Waals surface area contributed by atoms with E-state index in [0.29, 0.717) is 0 Å². The highest BCUT2D eigenvalue weighted by Crippen LogP contribution is 2.31. The van der Waals surface area contributed by atoms with Crippen LogP contribution in [0.15, 0.2) is 12.1 Å². The minimum atomic E-state index is -0.837. The summed E-state index contributed by atoms with van der Waals surface area (Å²) >= 11 is 0. The van der Waals surface area contributed by atoms with E-state index >= 15 is 0 Å². The summed E-state index contributed by atoms with van der Waals surface area (Å²) in [6.07, 6.45) is 2.73. The smallest absolute Gasteiger partial charge is 0.295 e. The number of nitrogen functional groups attached to an aromatic ring is 1. The number of anilines is 1. The van der Waals surface area contributed by atoms with Crippen molar-refractivity contribution in [3.8, 4) is 0 Å². The molecule has 0 saturated carbocycles. The fourth-order valence-corrected chi connectivity index (χ4v) is 2.89. The van der Waals surface area contributed by atoms with Crippen molar-refractivity contribution in [3.05, 3.63) is 33.6 Å². The molecule has 1 aliphatic heterocycles. The van der Waals surface area contributed by atoms with Gasteiger partial charge in [-0.2, -0.15) is 0 Å². The van der Waals surface area contributed by atoms with Crippen molar-refractivity contribution in [2.24, 2.45) is 0 Å². The molecule has 0 aromatic heterocycles. The van der Waals surface area contributed by atoms with Crippen LogP contribution < -0.4 is 5.73 Å². The molecule has 1 aromatic carbocycles. The predicted molar refractivity (Wildman–Crippen MR) is 76.4 cm³/mol. The Morgan fingerprint density at radius 2 is 1.95 bits per heavy atom. The van der Waals surface area contributed by atoms with Crippen LogP contribution in [0.25, 0.3) is 0 Å². The molecular formula is C14H18FN3O3. The molecule has 1 saturated heterocycles. The highest BCUT2D eigenvalue weighted by atomic mass is 19.1. The van der Waals surface area contributed by atoms with Crippen LogP contribution in [-0.2, 0) is 0 Å². The molecular weight excluding hydrogens is 277 g/mol. The standard InChI is InChI=1S/C14H18FN3O3/c1-8-4-3-5-9(2)17(8)14(19)11-6-10(15)7-12(13(11)16)18(20)21/h6-9H,3-5,16H2,1-2H3/t8-,9+. The number of carbonyl (C=O) groups is 1. The van der Waals surface area contributed by atoms with Crippen molar-refractivity contribution in [3.63, 3.8) is 0 Å². The highest BCUT2D eigenvalue weighted by Gasteiger charge is 2.32. The lowest BCUT2D eigenvalue weighted by Gasteiger charge is -2.39. The molecule has 7 heteroatoms. The molecule has 1 amide bonds. The number of nitro groups is 1. The Morgan fingerprint density at radius 3 is 2.48 bits per heavy atom. The van der Waals surface area contributed by atoms with Crippen LogP contribution in [0.5, 0.6) is 0 Å². The van der Waals surface area contributed by atoms with E-state index in [2.05, 4.69) is 0 Å². The van der Waals surface area contributed by atoms with Crippen molar-refractivity contribution in [2.75, 3.05) is 5.73 Å². The zero-order valence-corrected chi connectivity index (χ0v) is 12.0. The number of carbonyl (C=O) groups excluding carboxylic acids is 1. The van der Waals surface area contributed by atoms with Crippen molar-refractivity contribution in [2.45, 2.75) is 45.2 Å². The van der Waals surface area contributed by atoms with E-state index in [4.69, 9.17) is 5.73 Å². The second-order valence-electron chi connectivity index (χ2n) is 5.48. The summed E-state index contributed by atoms with van der Waals surface area (Å²) in [4.78, 5) is 24.4. The molecule has 0 aliphatic carbocycles. The number of amides is 1. The third kappa shape index (κ3) is 2.81. The normalized spacial score (nSPS) is 22.1. The Balaban J connectivity index is 2.45. The third-order valence-corrected chi connectivity index (χ3v) is 3.98. The van der Waals surface area contributed by atoms with E-state index in [1.807, 2.05) is 13.8 Å². The summed E-state index contributed by atoms with van der Waals surface area (Å²) in [5.41, 5.74) is 4.70. The van der Waals surface area contributed by atoms with Gasteiger partial charge in [-0.1, -0.05) is 0 Å². The fraction of sp³-hybridized carbons (Fsp3) is 0.500. The Hall–Kier alpha value is -2.18. The molecule has 21 heavy (non-hydrogen) atoms. The lowest BCUT2D eigenvalue weighted by Crippen LogP contribution is -2.47. The molecule has 0 radical (unpaired) electrons. The highest BCUT2D eigenvalue weighted by molar-refractivity contribution is 6.01. The average molecular weight is 295 g/mol. The van der Waals surface area contributed by atoms with Crippen LogP contribution in [0.1, 0.15) is 43.5 Å². The minimum absolute atomic E-state index is 0.00275. The number of hydrogen-bond acceptors (Lipinski definition) is 4. The largest absolute Gasteiger partial charge is 0.393 e. The molecule has 1 aromatic rings. The predicted octanol–water partition coefficient (Wildman–Crippen LogP) is 2.72. The molecule has 2 atom stereocenters. The monoisotopic (exact) mass is 295 g/mol. The van der Waals surface area contributed by atoms with Crippen LogP contribution in [0, 0.1) is 15.9 Å². The molecule has 1 aliphatic rings. The molecule has 0 spiro atoms. The Kier molecular flexibility index (Phi) is 4.11. The number of hydrogen-bond donors (Lipinski definition) is 1. The maximum atomic E-state index is 13.6. The number of rotatable bonds is 2. The number of nitrogens with two attached hydrogens (primary N) is 1. The van der Waals surface area contributed by atoms with Gasteiger partial charge < -0.3 is 10.6 Å². The molecule has 1 heterocycles. The van der Waals surface area contributed by atoms with Gasteiger partial charge in [-0.15, -0.1) is 0 Å². The van der Waals surface area contributed by atoms with Crippen LogP contribution in [0.2, 0.25) is 0 Å². The molecule has 2 rings (SSSR count). The molecule has 6 nitrogen and oxygen atoms in total. The molecule has 0 bridgehead atoms. The van der Waals surface area contributed by atoms with Gasteiger partial charge in [0.05, 0.1) is 16.6 Å². The van der Waals surface area contributed by atoms with E-state index in [9.17, 15) is 19.3 Å². The summed E-state index contributed by atoms with van der Waals surface area (Å²) in [6.45, 7) is 3.83. The van der Waals surface area contributed by atoms with Crippen molar-refractivity contribution < 1.29 is 14.1 Å². The van der Waals surface area contributed by atoms with Crippen LogP contribution in [0.3, 0.4) is 0 Å². The summed E-state index contributed by atoms with van der Waals surface area (Å²) in [7, 11) is 0. The SMILES string of the molecule is C[C@@H]1CCC[C@H](C)N1C(=O)c1cc(F)cc([N+](=O)[O-])c1N. The van der Waals surface area contributed by atoms with E-state index in [-0.39, 0.29) is 23.3 Å². The lowest BCUT2D eigenvalue weighted by molar-refractivity contribution is -0.384. The van der Waals surface area contributed by atoms with E-state index in [1.165, 1.54) is 0 Å². The zero-order chi connectivity index (χ0) is 15.7. The number of benzene rings is 1. The number of piperidine rings is 1. The fourth-order valence-electron chi connectivity index (χ4n) is 2.89. The molecule has 114 valence electrons. The zero-order valence-electron chi connectivity index (χ0n) is 12.0. The molecule has 0 unspecified atom stereocenters. The van der Waals surface area contributed by atoms with Gasteiger partial charge in [0.2, 0.25) is 0 Å². The number of halogens is 1. The first-order valence-corrected chi connectivity index (χ1v) is 6.89. The summed E-state index contributed by atoms with van der Waals surface area (Å²) in [5.74, 6) is -1.29. The maximum Gasteiger partial charge on any atom is 0.295 e. The summed E-state index contributed by atoms with van der Waals surface area (Å²) in [5, 5.41) is 10.9. The Morgan fingerprint density at radius 1 is 1.38 bits per heavy atom. The van der Waals surface area contributed by atoms with Gasteiger partial charge in [0.1, 0.15) is 11.5 Å². The van der Waals surface area contributed by atoms with E-state index in [1.54, 1.807) is 4.90 Å². The van der Waals surface area contributed by atoms with Gasteiger partial charge in [-0.25, -0.2) is 4.39 Å². The van der Waals surface area contributed by atoms with Gasteiger partial charge >= 0.3 is 0 Å². The van der Waals surface area contributed by atoms with Gasteiger partial charge in [0.25, 0.3) is 11.6 Å². The maximum absolute atomic E-state index is 13.6. The first-order valence-electron chi connectivity index (χ1n) is 6.89. The first-order chi connectivity index (χ1) is 9.82. The van der Waals surface area contributed by atoms with Crippen molar-refractivity contribution >= 4 is 17.3 Å². The first kappa shape index (κ1) is 15.2. The quantitative estimate of drug-likeness (QED) is 0.516. The average Bonchev–Trinajstić information content (AvgIpc) is 2.40. The van der Waals surface area contributed by atoms with Crippen LogP contribution in [-0.4, -0.2) is 27.8 Å². The second-order valence-corrected chi connectivity index (χ2v) is 5.48. The topological polar surface area (TPSA) is 89.5 Å². The Labute approximate surface area is 121 Å². The van der Waals surface area contributed by atoms with Gasteiger partial charge in [0, 0.05) is 12.1 Å². The molecule has 2 N–H and O–H groups in total.